The predicted molar refractivity (Wildman–Crippen MR) is 334 cm³/mol. The van der Waals surface area contributed by atoms with E-state index in [4.69, 9.17) is 16.7 Å². The van der Waals surface area contributed by atoms with Crippen LogP contribution in [0.1, 0.15) is 66.3 Å². The number of carbonyl (C=O) groups excluding carboxylic acids is 5. The Labute approximate surface area is 503 Å². The van der Waals surface area contributed by atoms with Gasteiger partial charge in [0.2, 0.25) is 35.6 Å². The molecule has 27 nitrogen and oxygen atoms in total. The molecule has 1 aliphatic carbocycles. The largest absolute Gasteiger partial charge is 0.368 e. The number of hydrogen-bond acceptors (Lipinski definition) is 21. The highest BCUT2D eigenvalue weighted by Gasteiger charge is 2.25. The summed E-state index contributed by atoms with van der Waals surface area (Å²) in [6.45, 7) is 13.8. The SMILES string of the molecule is CC(=O)N1CCN(c2ccc(Nc3nc(NC4CCC4)c(C(N)=O)c(=O)[nH]3)cc2)CC1.CSc1nc(Nc2ccc(N3CCN(C(C)=O)CC3)cc2)[nH]c(=O)c1C#N.CSc1nc(Nc2ccc(N3CCN(C(C)=O)CC3)cc2)[nH]c(=O)c1C(N)=O. The number of aromatic nitrogens is 6. The number of aromatic amines is 3. The van der Waals surface area contributed by atoms with E-state index in [1.54, 1.807) is 33.3 Å². The number of nitrogens with one attached hydrogen (secondary N) is 7. The van der Waals surface area contributed by atoms with Gasteiger partial charge < -0.3 is 62.1 Å². The second-order valence-corrected chi connectivity index (χ2v) is 21.9. The number of rotatable bonds is 15. The third-order valence-corrected chi connectivity index (χ3v) is 16.2. The number of hydrogen-bond donors (Lipinski definition) is 9. The Kier molecular flexibility index (Phi) is 20.9. The molecule has 4 fully saturated rings. The molecule has 6 heterocycles. The van der Waals surface area contributed by atoms with Gasteiger partial charge in [-0.2, -0.15) is 10.2 Å². The lowest BCUT2D eigenvalue weighted by atomic mass is 9.93. The molecular weight excluding hydrogens is 1140 g/mol. The van der Waals surface area contributed by atoms with Crippen LogP contribution in [0.15, 0.2) is 97.2 Å². The topological polar surface area (TPSA) is 366 Å². The lowest BCUT2D eigenvalue weighted by Gasteiger charge is -2.35. The summed E-state index contributed by atoms with van der Waals surface area (Å²) in [7, 11) is 0. The molecule has 29 heteroatoms. The van der Waals surface area contributed by atoms with Crippen molar-refractivity contribution < 1.29 is 24.0 Å². The van der Waals surface area contributed by atoms with Gasteiger partial charge in [0, 0.05) is 139 Å². The molecule has 1 saturated carbocycles. The first-order valence-corrected chi connectivity index (χ1v) is 30.2. The summed E-state index contributed by atoms with van der Waals surface area (Å²) < 4.78 is 0. The number of nitrogens with two attached hydrogens (primary N) is 2. The van der Waals surface area contributed by atoms with Crippen LogP contribution in [-0.2, 0) is 14.4 Å². The van der Waals surface area contributed by atoms with E-state index in [9.17, 15) is 38.4 Å². The molecule has 0 spiro atoms. The molecule has 5 amide bonds. The van der Waals surface area contributed by atoms with E-state index in [0.29, 0.717) is 37.2 Å². The number of benzene rings is 3. The van der Waals surface area contributed by atoms with Crippen LogP contribution in [0.5, 0.6) is 0 Å². The van der Waals surface area contributed by atoms with Crippen molar-refractivity contribution in [2.75, 3.05) is 127 Å². The van der Waals surface area contributed by atoms with Crippen LogP contribution in [0, 0.1) is 11.3 Å². The van der Waals surface area contributed by atoms with Crippen molar-refractivity contribution in [1.82, 2.24) is 44.6 Å². The molecule has 0 atom stereocenters. The van der Waals surface area contributed by atoms with E-state index in [-0.39, 0.29) is 63.2 Å². The summed E-state index contributed by atoms with van der Waals surface area (Å²) in [5.41, 5.74) is 14.2. The number of nitriles is 1. The van der Waals surface area contributed by atoms with Crippen LogP contribution in [-0.4, -0.2) is 171 Å². The minimum Gasteiger partial charge on any atom is -0.368 e. The van der Waals surface area contributed by atoms with Crippen LogP contribution in [0.25, 0.3) is 0 Å². The fourth-order valence-electron chi connectivity index (χ4n) is 9.76. The van der Waals surface area contributed by atoms with Gasteiger partial charge in [-0.15, -0.1) is 23.5 Å². The zero-order valence-corrected chi connectivity index (χ0v) is 50.0. The lowest BCUT2D eigenvalue weighted by Crippen LogP contribution is -2.48. The highest BCUT2D eigenvalue weighted by Crippen LogP contribution is 2.28. The van der Waals surface area contributed by atoms with Gasteiger partial charge in [-0.1, -0.05) is 0 Å². The van der Waals surface area contributed by atoms with E-state index in [2.05, 4.69) is 65.9 Å². The Balaban J connectivity index is 0.000000168. The van der Waals surface area contributed by atoms with Gasteiger partial charge in [-0.05, 0) is 105 Å². The number of amides is 5. The van der Waals surface area contributed by atoms with E-state index >= 15 is 0 Å². The van der Waals surface area contributed by atoms with Crippen molar-refractivity contribution >= 4 is 111 Å². The molecule has 0 bridgehead atoms. The minimum atomic E-state index is -0.809. The number of carbonyl (C=O) groups is 5. The predicted octanol–water partition coefficient (Wildman–Crippen LogP) is 4.02. The molecule has 0 radical (unpaired) electrons. The van der Waals surface area contributed by atoms with E-state index in [0.717, 1.165) is 106 Å². The maximum absolute atomic E-state index is 12.4. The first-order valence-electron chi connectivity index (χ1n) is 27.7. The lowest BCUT2D eigenvalue weighted by molar-refractivity contribution is -0.129. The average Bonchev–Trinajstić information content (AvgIpc) is 3.14. The van der Waals surface area contributed by atoms with Crippen molar-refractivity contribution in [3.63, 3.8) is 0 Å². The molecular formula is C57H69N19O8S2. The normalized spacial score (nSPS) is 14.9. The van der Waals surface area contributed by atoms with Crippen molar-refractivity contribution in [2.24, 2.45) is 11.5 Å². The summed E-state index contributed by atoms with van der Waals surface area (Å²) in [6, 6.07) is 25.3. The van der Waals surface area contributed by atoms with Crippen molar-refractivity contribution in [3.8, 4) is 6.07 Å². The number of primary amides is 2. The highest BCUT2D eigenvalue weighted by atomic mass is 32.2. The fourth-order valence-corrected chi connectivity index (χ4v) is 10.9. The van der Waals surface area contributed by atoms with Gasteiger partial charge in [0.15, 0.2) is 0 Å². The van der Waals surface area contributed by atoms with Gasteiger partial charge in [0.1, 0.15) is 38.6 Å². The van der Waals surface area contributed by atoms with Crippen molar-refractivity contribution in [1.29, 1.82) is 5.26 Å². The average molecular weight is 1210 g/mol. The number of nitrogens with zero attached hydrogens (tertiary/aromatic N) is 10. The zero-order valence-electron chi connectivity index (χ0n) is 48.3. The Bertz CT molecular complexity index is 3640. The molecule has 3 aromatic heterocycles. The van der Waals surface area contributed by atoms with Crippen LogP contribution in [0.4, 0.5) is 57.8 Å². The quantitative estimate of drug-likeness (QED) is 0.0518. The van der Waals surface area contributed by atoms with Crippen molar-refractivity contribution in [2.45, 2.75) is 56.1 Å². The number of anilines is 10. The van der Waals surface area contributed by atoms with Crippen LogP contribution in [0.2, 0.25) is 0 Å². The molecule has 86 heavy (non-hydrogen) atoms. The van der Waals surface area contributed by atoms with Gasteiger partial charge in [0.05, 0.1) is 0 Å². The first-order chi connectivity index (χ1) is 41.3. The molecule has 10 rings (SSSR count). The summed E-state index contributed by atoms with van der Waals surface area (Å²) in [4.78, 5) is 127. The summed E-state index contributed by atoms with van der Waals surface area (Å²) in [5, 5.41) is 22.0. The third-order valence-electron chi connectivity index (χ3n) is 14.8. The first kappa shape index (κ1) is 62.5. The third kappa shape index (κ3) is 16.0. The molecule has 3 aromatic carbocycles. The monoisotopic (exact) mass is 1210 g/mol. The van der Waals surface area contributed by atoms with E-state index < -0.39 is 28.5 Å². The number of H-pyrrole nitrogens is 3. The number of piperazine rings is 3. The maximum Gasteiger partial charge on any atom is 0.271 e. The van der Waals surface area contributed by atoms with Crippen LogP contribution in [0.3, 0.4) is 0 Å². The van der Waals surface area contributed by atoms with Gasteiger partial charge in [-0.25, -0.2) is 9.97 Å². The summed E-state index contributed by atoms with van der Waals surface area (Å²) in [6.07, 6.45) is 6.54. The smallest absolute Gasteiger partial charge is 0.271 e. The Morgan fingerprint density at radius 1 is 0.512 bits per heavy atom. The molecule has 3 aliphatic heterocycles. The molecule has 6 aromatic rings. The van der Waals surface area contributed by atoms with Crippen LogP contribution < -0.4 is 64.1 Å². The Morgan fingerprint density at radius 2 is 0.849 bits per heavy atom. The van der Waals surface area contributed by atoms with Gasteiger partial charge in [-0.3, -0.25) is 53.3 Å². The summed E-state index contributed by atoms with van der Waals surface area (Å²) in [5.74, 6) is -0.309. The zero-order chi connectivity index (χ0) is 61.6. The molecule has 11 N–H and O–H groups in total. The molecule has 0 unspecified atom stereocenters. The minimum absolute atomic E-state index is 0.0214. The van der Waals surface area contributed by atoms with Gasteiger partial charge in [0.25, 0.3) is 28.5 Å². The highest BCUT2D eigenvalue weighted by molar-refractivity contribution is 7.98. The van der Waals surface area contributed by atoms with Crippen molar-refractivity contribution in [3.05, 3.63) is 121 Å². The van der Waals surface area contributed by atoms with E-state index in [1.165, 1.54) is 23.5 Å². The fraction of sp³-hybridized carbons (Fsp3) is 0.368. The maximum atomic E-state index is 12.4. The Morgan fingerprint density at radius 3 is 1.16 bits per heavy atom. The Hall–Kier alpha value is -9.56. The second-order valence-electron chi connectivity index (χ2n) is 20.3. The number of thioether (sulfide) groups is 2. The van der Waals surface area contributed by atoms with E-state index in [1.807, 2.05) is 93.6 Å². The molecule has 4 aliphatic rings. The molecule has 452 valence electrons. The summed E-state index contributed by atoms with van der Waals surface area (Å²) >= 11 is 2.43. The van der Waals surface area contributed by atoms with Crippen LogP contribution >= 0.6 is 23.5 Å². The standard InChI is InChI=1S/C21H27N7O3.C18H22N6O3S.C18H20N6O2S/c1-13(29)27-9-11-28(12-10-27)16-7-5-15(6-8-16)24-21-25-19(23-14-3-2-4-14)17(18(22)30)20(31)26-21;1-11(25)23-7-9-24(10-8-23)13-5-3-12(4-6-13)20-18-21-16(27)14(15(19)26)17(22-18)28-2;1-12(25)23-7-9-24(10-8-23)14-5-3-13(4-6-14)20-18-21-16(26)15(11-19)17(22-18)27-2/h5-8,14H,2-4,9-12H2,1H3,(H2,22,30)(H3,23,24,25,26,31);3-6H,7-10H2,1-2H3,(H2,19,26)(H2,20,21,22,27);3-6H,7-10H2,1-2H3,(H2,20,21,22,26). The second kappa shape index (κ2) is 28.8. The molecule has 3 saturated heterocycles. The van der Waals surface area contributed by atoms with Gasteiger partial charge >= 0.3 is 0 Å².